The number of hydrogen-bond donors (Lipinski definition) is 1. The molecule has 2 unspecified atom stereocenters. The largest absolute Gasteiger partial charge is 0.381 e. The van der Waals surface area contributed by atoms with E-state index >= 15 is 0 Å². The van der Waals surface area contributed by atoms with Gasteiger partial charge in [0.2, 0.25) is 0 Å². The summed E-state index contributed by atoms with van der Waals surface area (Å²) in [7, 11) is 0. The first-order valence-corrected chi connectivity index (χ1v) is 7.25. The summed E-state index contributed by atoms with van der Waals surface area (Å²) in [5.74, 6) is 0.262. The Morgan fingerprint density at radius 2 is 2.33 bits per heavy atom. The summed E-state index contributed by atoms with van der Waals surface area (Å²) in [6.07, 6.45) is 1.98. The van der Waals surface area contributed by atoms with Crippen LogP contribution in [0.25, 0.3) is 0 Å². The monoisotopic (exact) mass is 315 g/mol. The van der Waals surface area contributed by atoms with Gasteiger partial charge in [-0.1, -0.05) is 13.0 Å². The fraction of sp³-hybridized carbons (Fsp3) is 0.571. The van der Waals surface area contributed by atoms with Crippen molar-refractivity contribution < 1.29 is 9.13 Å². The van der Waals surface area contributed by atoms with E-state index in [-0.39, 0.29) is 5.82 Å². The highest BCUT2D eigenvalue weighted by Crippen LogP contribution is 2.23. The molecule has 1 fully saturated rings. The molecular weight excluding hydrogens is 297 g/mol. The molecule has 1 aromatic rings. The van der Waals surface area contributed by atoms with Gasteiger partial charge in [0.1, 0.15) is 5.82 Å². The van der Waals surface area contributed by atoms with Crippen molar-refractivity contribution in [2.45, 2.75) is 25.8 Å². The number of halogens is 2. The summed E-state index contributed by atoms with van der Waals surface area (Å²) in [4.78, 5) is 0. The van der Waals surface area contributed by atoms with Gasteiger partial charge in [-0.3, -0.25) is 0 Å². The molecule has 0 saturated carbocycles. The van der Waals surface area contributed by atoms with Crippen LogP contribution in [0.3, 0.4) is 0 Å². The van der Waals surface area contributed by atoms with E-state index in [4.69, 9.17) is 4.74 Å². The SMILES string of the molecule is CCNC1CCOCC1Cc1ccc(F)c(Br)c1. The lowest BCUT2D eigenvalue weighted by Crippen LogP contribution is -2.43. The molecule has 1 aliphatic heterocycles. The molecule has 1 N–H and O–H groups in total. The molecule has 2 rings (SSSR count). The second-order valence-electron chi connectivity index (χ2n) is 4.74. The minimum absolute atomic E-state index is 0.207. The van der Waals surface area contributed by atoms with Crippen molar-refractivity contribution in [1.29, 1.82) is 0 Å². The van der Waals surface area contributed by atoms with E-state index in [1.807, 2.05) is 12.1 Å². The molecule has 100 valence electrons. The first kappa shape index (κ1) is 14.0. The predicted molar refractivity (Wildman–Crippen MR) is 74.2 cm³/mol. The van der Waals surface area contributed by atoms with Crippen molar-refractivity contribution in [3.05, 3.63) is 34.1 Å². The average molecular weight is 316 g/mol. The van der Waals surface area contributed by atoms with Gasteiger partial charge in [-0.2, -0.15) is 0 Å². The van der Waals surface area contributed by atoms with E-state index in [0.29, 0.717) is 16.4 Å². The highest BCUT2D eigenvalue weighted by atomic mass is 79.9. The highest BCUT2D eigenvalue weighted by molar-refractivity contribution is 9.10. The van der Waals surface area contributed by atoms with Gasteiger partial charge in [0, 0.05) is 18.6 Å². The third-order valence-electron chi connectivity index (χ3n) is 3.42. The Morgan fingerprint density at radius 1 is 1.50 bits per heavy atom. The molecule has 0 aromatic heterocycles. The molecule has 1 aliphatic rings. The standard InChI is InChI=1S/C14H19BrFNO/c1-2-17-14-5-6-18-9-11(14)7-10-3-4-13(16)12(15)8-10/h3-4,8,11,14,17H,2,5-7,9H2,1H3. The Balaban J connectivity index is 2.03. The second-order valence-corrected chi connectivity index (χ2v) is 5.59. The Morgan fingerprint density at radius 3 is 3.06 bits per heavy atom. The first-order chi connectivity index (χ1) is 8.70. The van der Waals surface area contributed by atoms with Crippen LogP contribution < -0.4 is 5.32 Å². The van der Waals surface area contributed by atoms with Crippen LogP contribution in [0.2, 0.25) is 0 Å². The molecule has 1 saturated heterocycles. The molecule has 0 spiro atoms. The smallest absolute Gasteiger partial charge is 0.137 e. The summed E-state index contributed by atoms with van der Waals surface area (Å²) >= 11 is 3.23. The van der Waals surface area contributed by atoms with Gasteiger partial charge >= 0.3 is 0 Å². The van der Waals surface area contributed by atoms with Gasteiger partial charge < -0.3 is 10.1 Å². The summed E-state index contributed by atoms with van der Waals surface area (Å²) in [5, 5.41) is 3.51. The van der Waals surface area contributed by atoms with Gasteiger partial charge in [-0.15, -0.1) is 0 Å². The van der Waals surface area contributed by atoms with Crippen molar-refractivity contribution in [1.82, 2.24) is 5.32 Å². The van der Waals surface area contributed by atoms with E-state index < -0.39 is 0 Å². The average Bonchev–Trinajstić information content (AvgIpc) is 2.37. The zero-order valence-electron chi connectivity index (χ0n) is 10.6. The summed E-state index contributed by atoms with van der Waals surface area (Å²) in [6.45, 7) is 4.73. The lowest BCUT2D eigenvalue weighted by Gasteiger charge is -2.32. The van der Waals surface area contributed by atoms with Crippen LogP contribution in [0.15, 0.2) is 22.7 Å². The molecule has 1 heterocycles. The molecule has 0 radical (unpaired) electrons. The van der Waals surface area contributed by atoms with Gasteiger partial charge in [0.05, 0.1) is 11.1 Å². The van der Waals surface area contributed by atoms with Crippen LogP contribution in [0.4, 0.5) is 4.39 Å². The van der Waals surface area contributed by atoms with Crippen LogP contribution >= 0.6 is 15.9 Å². The van der Waals surface area contributed by atoms with Gasteiger partial charge in [0.15, 0.2) is 0 Å². The van der Waals surface area contributed by atoms with E-state index in [2.05, 4.69) is 28.2 Å². The Bertz CT molecular complexity index is 397. The normalized spacial score (nSPS) is 24.2. The van der Waals surface area contributed by atoms with E-state index in [9.17, 15) is 4.39 Å². The highest BCUT2D eigenvalue weighted by Gasteiger charge is 2.25. The van der Waals surface area contributed by atoms with E-state index in [1.54, 1.807) is 0 Å². The molecular formula is C14H19BrFNO. The van der Waals surface area contributed by atoms with Crippen LogP contribution in [-0.2, 0) is 11.2 Å². The molecule has 18 heavy (non-hydrogen) atoms. The maximum atomic E-state index is 13.2. The minimum Gasteiger partial charge on any atom is -0.381 e. The van der Waals surface area contributed by atoms with E-state index in [1.165, 1.54) is 6.07 Å². The van der Waals surface area contributed by atoms with Gasteiger partial charge in [0.25, 0.3) is 0 Å². The molecule has 4 heteroatoms. The summed E-state index contributed by atoms with van der Waals surface area (Å²) in [6, 6.07) is 5.75. The molecule has 2 nitrogen and oxygen atoms in total. The third-order valence-corrected chi connectivity index (χ3v) is 4.03. The maximum absolute atomic E-state index is 13.2. The van der Waals surface area contributed by atoms with Crippen molar-refractivity contribution in [2.75, 3.05) is 19.8 Å². The van der Waals surface area contributed by atoms with Crippen LogP contribution in [0.5, 0.6) is 0 Å². The van der Waals surface area contributed by atoms with Gasteiger partial charge in [-0.25, -0.2) is 4.39 Å². The molecule has 2 atom stereocenters. The van der Waals surface area contributed by atoms with Gasteiger partial charge in [-0.05, 0) is 53.0 Å². The fourth-order valence-electron chi connectivity index (χ4n) is 2.50. The molecule has 0 amide bonds. The van der Waals surface area contributed by atoms with Crippen molar-refractivity contribution in [3.8, 4) is 0 Å². The van der Waals surface area contributed by atoms with Crippen LogP contribution in [0, 0.1) is 11.7 Å². The Labute approximate surface area is 116 Å². The number of benzene rings is 1. The fourth-order valence-corrected chi connectivity index (χ4v) is 2.92. The number of ether oxygens (including phenoxy) is 1. The summed E-state index contributed by atoms with van der Waals surface area (Å²) < 4.78 is 19.3. The zero-order valence-corrected chi connectivity index (χ0v) is 12.2. The predicted octanol–water partition coefficient (Wildman–Crippen LogP) is 3.15. The first-order valence-electron chi connectivity index (χ1n) is 6.45. The van der Waals surface area contributed by atoms with Crippen molar-refractivity contribution >= 4 is 15.9 Å². The quantitative estimate of drug-likeness (QED) is 0.921. The van der Waals surface area contributed by atoms with Crippen molar-refractivity contribution in [2.24, 2.45) is 5.92 Å². The molecule has 1 aromatic carbocycles. The lowest BCUT2D eigenvalue weighted by molar-refractivity contribution is 0.0326. The van der Waals surface area contributed by atoms with Crippen molar-refractivity contribution in [3.63, 3.8) is 0 Å². The van der Waals surface area contributed by atoms with Crippen LogP contribution in [0.1, 0.15) is 18.9 Å². The Kier molecular flexibility index (Phi) is 5.15. The Hall–Kier alpha value is -0.450. The zero-order chi connectivity index (χ0) is 13.0. The lowest BCUT2D eigenvalue weighted by atomic mass is 9.89. The maximum Gasteiger partial charge on any atom is 0.137 e. The van der Waals surface area contributed by atoms with E-state index in [0.717, 1.165) is 38.2 Å². The second kappa shape index (κ2) is 6.64. The molecule has 0 aliphatic carbocycles. The minimum atomic E-state index is -0.207. The molecule has 0 bridgehead atoms. The number of rotatable bonds is 4. The van der Waals surface area contributed by atoms with Crippen LogP contribution in [-0.4, -0.2) is 25.8 Å². The number of nitrogens with one attached hydrogen (secondary N) is 1. The topological polar surface area (TPSA) is 21.3 Å². The summed E-state index contributed by atoms with van der Waals surface area (Å²) in [5.41, 5.74) is 1.15. The number of hydrogen-bond acceptors (Lipinski definition) is 2. The third kappa shape index (κ3) is 3.53.